The Labute approximate surface area is 136 Å². The van der Waals surface area contributed by atoms with Gasteiger partial charge in [0.25, 0.3) is 5.56 Å². The van der Waals surface area contributed by atoms with E-state index < -0.39 is 0 Å². The molecule has 1 aromatic carbocycles. The van der Waals surface area contributed by atoms with E-state index in [1.54, 1.807) is 30.5 Å². The van der Waals surface area contributed by atoms with Gasteiger partial charge in [-0.1, -0.05) is 24.6 Å². The zero-order valence-corrected chi connectivity index (χ0v) is 13.2. The van der Waals surface area contributed by atoms with E-state index in [4.69, 9.17) is 11.6 Å². The first-order valence-corrected chi connectivity index (χ1v) is 7.84. The molecule has 1 atom stereocenters. The lowest BCUT2D eigenvalue weighted by Gasteiger charge is -2.19. The number of hydrogen-bond donors (Lipinski definition) is 1. The molecule has 4 rings (SSSR count). The minimum atomic E-state index is -0.200. The molecule has 5 nitrogen and oxygen atoms in total. The fourth-order valence-electron chi connectivity index (χ4n) is 3.23. The maximum Gasteiger partial charge on any atom is 0.281 e. The largest absolute Gasteiger partial charge is 0.294 e. The van der Waals surface area contributed by atoms with Crippen LogP contribution in [0.3, 0.4) is 0 Å². The van der Waals surface area contributed by atoms with Gasteiger partial charge in [-0.25, -0.2) is 9.67 Å². The van der Waals surface area contributed by atoms with E-state index >= 15 is 0 Å². The third kappa shape index (κ3) is 2.19. The number of carbonyl (C=O) groups is 1. The van der Waals surface area contributed by atoms with Crippen molar-refractivity contribution in [1.82, 2.24) is 14.8 Å². The number of aromatic amines is 1. The zero-order valence-electron chi connectivity index (χ0n) is 12.5. The van der Waals surface area contributed by atoms with Crippen LogP contribution in [0.5, 0.6) is 0 Å². The fourth-order valence-corrected chi connectivity index (χ4v) is 3.41. The number of hydrogen-bond acceptors (Lipinski definition) is 3. The van der Waals surface area contributed by atoms with Crippen molar-refractivity contribution in [2.75, 3.05) is 0 Å². The molecular weight excluding hydrogens is 314 g/mol. The molecule has 2 aromatic heterocycles. The number of rotatable bonds is 1. The van der Waals surface area contributed by atoms with Crippen LogP contribution in [0, 0.1) is 5.92 Å². The quantitative estimate of drug-likeness (QED) is 0.746. The summed E-state index contributed by atoms with van der Waals surface area (Å²) in [5.41, 5.74) is 2.32. The number of carbonyl (C=O) groups excluding carboxylic acids is 1. The van der Waals surface area contributed by atoms with Gasteiger partial charge >= 0.3 is 0 Å². The number of benzene rings is 1. The summed E-state index contributed by atoms with van der Waals surface area (Å²) in [6.45, 7) is 2.02. The molecule has 0 saturated carbocycles. The number of Topliss-reactive ketones (excluding diaryl/α,β-unsaturated/α-hetero) is 1. The molecule has 0 radical (unpaired) electrons. The van der Waals surface area contributed by atoms with Gasteiger partial charge in [0.1, 0.15) is 0 Å². The van der Waals surface area contributed by atoms with Crippen LogP contribution in [0.4, 0.5) is 0 Å². The van der Waals surface area contributed by atoms with Gasteiger partial charge < -0.3 is 0 Å². The van der Waals surface area contributed by atoms with E-state index in [-0.39, 0.29) is 17.3 Å². The highest BCUT2D eigenvalue weighted by Crippen LogP contribution is 2.28. The predicted octanol–water partition coefficient (Wildman–Crippen LogP) is 3.13. The summed E-state index contributed by atoms with van der Waals surface area (Å²) in [6.07, 6.45) is 2.79. The van der Waals surface area contributed by atoms with E-state index in [1.165, 1.54) is 4.68 Å². The van der Waals surface area contributed by atoms with Crippen LogP contribution in [0.2, 0.25) is 5.02 Å². The lowest BCUT2D eigenvalue weighted by atomic mass is 9.84. The van der Waals surface area contributed by atoms with Gasteiger partial charge in [0.2, 0.25) is 0 Å². The summed E-state index contributed by atoms with van der Waals surface area (Å²) < 4.78 is 1.42. The highest BCUT2D eigenvalue weighted by molar-refractivity contribution is 6.30. The predicted molar refractivity (Wildman–Crippen MR) is 88.5 cm³/mol. The Bertz CT molecular complexity index is 1000. The van der Waals surface area contributed by atoms with E-state index in [0.29, 0.717) is 40.1 Å². The summed E-state index contributed by atoms with van der Waals surface area (Å²) in [4.78, 5) is 29.3. The molecule has 0 unspecified atom stereocenters. The molecule has 0 fully saturated rings. The number of halogens is 1. The lowest BCUT2D eigenvalue weighted by molar-refractivity contribution is 0.0953. The van der Waals surface area contributed by atoms with Crippen LogP contribution in [-0.2, 0) is 6.42 Å². The van der Waals surface area contributed by atoms with Gasteiger partial charge in [0.05, 0.1) is 11.1 Å². The number of nitrogens with one attached hydrogen (secondary N) is 1. The minimum Gasteiger partial charge on any atom is -0.294 e. The van der Waals surface area contributed by atoms with Crippen LogP contribution in [-0.4, -0.2) is 20.5 Å². The van der Waals surface area contributed by atoms with Crippen LogP contribution in [0.25, 0.3) is 16.7 Å². The van der Waals surface area contributed by atoms with E-state index in [0.717, 1.165) is 5.56 Å². The third-order valence-electron chi connectivity index (χ3n) is 4.27. The first-order valence-electron chi connectivity index (χ1n) is 7.46. The Kier molecular flexibility index (Phi) is 3.13. The smallest absolute Gasteiger partial charge is 0.281 e. The van der Waals surface area contributed by atoms with Gasteiger partial charge in [-0.2, -0.15) is 0 Å². The summed E-state index contributed by atoms with van der Waals surface area (Å²) >= 11 is 6.01. The van der Waals surface area contributed by atoms with Crippen LogP contribution < -0.4 is 5.56 Å². The molecule has 2 heterocycles. The molecule has 23 heavy (non-hydrogen) atoms. The second kappa shape index (κ2) is 5.06. The van der Waals surface area contributed by atoms with Crippen molar-refractivity contribution in [1.29, 1.82) is 0 Å². The SMILES string of the molecule is C[C@@H]1CC(=O)c2cnc3[nH]n(-c4cccc(Cl)c4)c(=O)c3c2C1. The molecule has 0 bridgehead atoms. The van der Waals surface area contributed by atoms with Gasteiger partial charge in [-0.05, 0) is 36.1 Å². The Morgan fingerprint density at radius 1 is 1.30 bits per heavy atom. The minimum absolute atomic E-state index is 0.0584. The number of H-pyrrole nitrogens is 1. The number of aromatic nitrogens is 3. The van der Waals surface area contributed by atoms with Crippen molar-refractivity contribution >= 4 is 28.4 Å². The van der Waals surface area contributed by atoms with Crippen molar-refractivity contribution in [2.45, 2.75) is 19.8 Å². The monoisotopic (exact) mass is 327 g/mol. The van der Waals surface area contributed by atoms with Crippen LogP contribution in [0.1, 0.15) is 29.3 Å². The molecular formula is C17H14ClN3O2. The Hall–Kier alpha value is -2.40. The third-order valence-corrected chi connectivity index (χ3v) is 4.51. The Morgan fingerprint density at radius 3 is 2.91 bits per heavy atom. The standard InChI is InChI=1S/C17H14ClN3O2/c1-9-5-12-13(14(22)6-9)8-19-16-15(12)17(23)21(20-16)11-4-2-3-10(18)7-11/h2-4,7-9H,5-6H2,1H3,(H,19,20)/t9-/m0/s1. The van der Waals surface area contributed by atoms with E-state index in [9.17, 15) is 9.59 Å². The lowest BCUT2D eigenvalue weighted by Crippen LogP contribution is -2.21. The number of ketones is 1. The van der Waals surface area contributed by atoms with Crippen molar-refractivity contribution in [3.8, 4) is 5.69 Å². The Morgan fingerprint density at radius 2 is 2.13 bits per heavy atom. The molecule has 116 valence electrons. The molecule has 1 N–H and O–H groups in total. The maximum absolute atomic E-state index is 12.9. The molecule has 1 aliphatic rings. The maximum atomic E-state index is 12.9. The van der Waals surface area contributed by atoms with Gasteiger partial charge in [0, 0.05) is 23.2 Å². The average molecular weight is 328 g/mol. The number of pyridine rings is 1. The molecule has 1 aliphatic carbocycles. The second-order valence-corrected chi connectivity index (χ2v) is 6.48. The van der Waals surface area contributed by atoms with Crippen LogP contribution >= 0.6 is 11.6 Å². The Balaban J connectivity index is 2.01. The van der Waals surface area contributed by atoms with Crippen molar-refractivity contribution in [2.24, 2.45) is 5.92 Å². The highest BCUT2D eigenvalue weighted by Gasteiger charge is 2.27. The van der Waals surface area contributed by atoms with Gasteiger partial charge in [0.15, 0.2) is 11.4 Å². The van der Waals surface area contributed by atoms with Crippen molar-refractivity contribution in [3.63, 3.8) is 0 Å². The first kappa shape index (κ1) is 14.2. The number of fused-ring (bicyclic) bond motifs is 3. The number of nitrogens with zero attached hydrogens (tertiary/aromatic N) is 2. The second-order valence-electron chi connectivity index (χ2n) is 6.04. The molecule has 0 saturated heterocycles. The zero-order chi connectivity index (χ0) is 16.1. The van der Waals surface area contributed by atoms with Crippen LogP contribution in [0.15, 0.2) is 35.3 Å². The normalized spacial score (nSPS) is 17.5. The fraction of sp³-hybridized carbons (Fsp3) is 0.235. The van der Waals surface area contributed by atoms with Gasteiger partial charge in [-0.3, -0.25) is 14.7 Å². The summed E-state index contributed by atoms with van der Waals surface area (Å²) in [7, 11) is 0. The molecule has 3 aromatic rings. The topological polar surface area (TPSA) is 67.8 Å². The van der Waals surface area contributed by atoms with Gasteiger partial charge in [-0.15, -0.1) is 0 Å². The summed E-state index contributed by atoms with van der Waals surface area (Å²) in [5, 5.41) is 4.06. The average Bonchev–Trinajstić information content (AvgIpc) is 2.84. The molecule has 6 heteroatoms. The van der Waals surface area contributed by atoms with E-state index in [2.05, 4.69) is 10.1 Å². The van der Waals surface area contributed by atoms with E-state index in [1.807, 2.05) is 6.92 Å². The summed E-state index contributed by atoms with van der Waals surface area (Å²) in [5.74, 6) is 0.289. The highest BCUT2D eigenvalue weighted by atomic mass is 35.5. The molecule has 0 spiro atoms. The summed E-state index contributed by atoms with van der Waals surface area (Å²) in [6, 6.07) is 7.03. The van der Waals surface area contributed by atoms with Crippen molar-refractivity contribution in [3.05, 3.63) is 57.0 Å². The first-order chi connectivity index (χ1) is 11.0. The van der Waals surface area contributed by atoms with Crippen molar-refractivity contribution < 1.29 is 4.79 Å². The molecule has 0 amide bonds. The molecule has 0 aliphatic heterocycles.